The summed E-state index contributed by atoms with van der Waals surface area (Å²) in [4.78, 5) is 37.6. The minimum Gasteiger partial charge on any atom is -0.477 e. The van der Waals surface area contributed by atoms with Gasteiger partial charge in [-0.15, -0.1) is 0 Å². The molecule has 0 saturated carbocycles. The van der Waals surface area contributed by atoms with E-state index in [1.807, 2.05) is 21.1 Å². The van der Waals surface area contributed by atoms with Crippen molar-refractivity contribution >= 4 is 17.9 Å². The molecule has 0 amide bonds. The molecule has 0 rings (SSSR count). The van der Waals surface area contributed by atoms with Crippen LogP contribution in [-0.2, 0) is 33.3 Å². The van der Waals surface area contributed by atoms with Crippen LogP contribution in [-0.4, -0.2) is 87.4 Å². The van der Waals surface area contributed by atoms with E-state index < -0.39 is 24.3 Å². The van der Waals surface area contributed by atoms with Crippen LogP contribution < -0.4 is 0 Å². The fourth-order valence-electron chi connectivity index (χ4n) is 9.77. The molecule has 0 aromatic carbocycles. The molecule has 0 aliphatic rings. The summed E-state index contributed by atoms with van der Waals surface area (Å²) < 4.78 is 23.0. The Morgan fingerprint density at radius 1 is 0.356 bits per heavy atom. The molecule has 0 heterocycles. The molecule has 9 heteroatoms. The van der Waals surface area contributed by atoms with Gasteiger partial charge in [0.05, 0.1) is 34.4 Å². The first-order valence-electron chi connectivity index (χ1n) is 35.7. The second kappa shape index (κ2) is 67.6. The van der Waals surface area contributed by atoms with Crippen LogP contribution in [0.1, 0.15) is 296 Å². The van der Waals surface area contributed by atoms with Crippen molar-refractivity contribution in [3.8, 4) is 0 Å². The van der Waals surface area contributed by atoms with Crippen LogP contribution in [0.3, 0.4) is 0 Å². The molecule has 0 aliphatic heterocycles. The fourth-order valence-corrected chi connectivity index (χ4v) is 9.77. The summed E-state index contributed by atoms with van der Waals surface area (Å²) in [5, 5.41) is 9.75. The molecule has 0 aromatic heterocycles. The van der Waals surface area contributed by atoms with Crippen molar-refractivity contribution in [1.82, 2.24) is 0 Å². The summed E-state index contributed by atoms with van der Waals surface area (Å²) in [6.07, 6.45) is 93.0. The Morgan fingerprint density at radius 2 is 0.655 bits per heavy atom. The molecule has 498 valence electrons. The topological polar surface area (TPSA) is 108 Å². The maximum atomic E-state index is 13.0. The molecule has 0 saturated heterocycles. The number of aliphatic carboxylic acids is 1. The Bertz CT molecular complexity index is 1840. The van der Waals surface area contributed by atoms with Crippen molar-refractivity contribution in [3.05, 3.63) is 122 Å². The standard InChI is InChI=1S/C78H133NO8/c1-6-8-10-12-14-16-18-20-22-24-26-28-30-32-33-34-35-36-37-38-39-40-41-42-43-45-47-49-51-53-55-57-59-61-63-65-67-69-76(81)87-74(73-86-78(77(82)83)84-71-70-79(3,4)5)72-85-75(80)68-66-64-62-60-58-56-54-52-50-48-46-44-31-29-27-25-23-21-19-17-15-13-11-9-7-2/h8,10,14,16,19-22,25-28,32-33,35-36,38-39,41-42,74,78H,6-7,9,11-13,15,17-18,23-24,29-31,34,37,40,43-73H2,1-5H3/p+1/b10-8-,16-14-,21-19-,22-20-,27-25-,28-26-,33-32-,36-35-,39-38-,42-41-. The number of hydrogen-bond donors (Lipinski definition) is 1. The number of carboxylic acids is 1. The van der Waals surface area contributed by atoms with Crippen LogP contribution in [0.2, 0.25) is 0 Å². The van der Waals surface area contributed by atoms with Crippen LogP contribution in [0.5, 0.6) is 0 Å². The number of unbranched alkanes of at least 4 members (excludes halogenated alkanes) is 30. The average Bonchev–Trinajstić information content (AvgIpc) is 3.57. The molecule has 0 bridgehead atoms. The second-order valence-corrected chi connectivity index (χ2v) is 24.8. The van der Waals surface area contributed by atoms with Gasteiger partial charge in [-0.2, -0.15) is 0 Å². The predicted octanol–water partition coefficient (Wildman–Crippen LogP) is 22.4. The number of ether oxygens (including phenoxy) is 4. The molecule has 0 fully saturated rings. The van der Waals surface area contributed by atoms with E-state index in [4.69, 9.17) is 18.9 Å². The van der Waals surface area contributed by atoms with E-state index in [9.17, 15) is 19.5 Å². The normalized spacial score (nSPS) is 13.4. The van der Waals surface area contributed by atoms with Crippen molar-refractivity contribution in [2.75, 3.05) is 47.5 Å². The first-order valence-corrected chi connectivity index (χ1v) is 35.7. The van der Waals surface area contributed by atoms with E-state index in [1.54, 1.807) is 0 Å². The lowest BCUT2D eigenvalue weighted by atomic mass is 10.0. The van der Waals surface area contributed by atoms with E-state index in [-0.39, 0.29) is 32.2 Å². The lowest BCUT2D eigenvalue weighted by Crippen LogP contribution is -2.40. The summed E-state index contributed by atoms with van der Waals surface area (Å²) >= 11 is 0. The largest absolute Gasteiger partial charge is 0.477 e. The lowest BCUT2D eigenvalue weighted by Gasteiger charge is -2.25. The Labute approximate surface area is 536 Å². The van der Waals surface area contributed by atoms with Crippen LogP contribution in [0.25, 0.3) is 0 Å². The van der Waals surface area contributed by atoms with Crippen molar-refractivity contribution in [2.24, 2.45) is 0 Å². The molecule has 0 aliphatic carbocycles. The van der Waals surface area contributed by atoms with Gasteiger partial charge in [0, 0.05) is 12.8 Å². The smallest absolute Gasteiger partial charge is 0.361 e. The Morgan fingerprint density at radius 3 is 0.977 bits per heavy atom. The number of likely N-dealkylation sites (N-methyl/N-ethyl adjacent to an activating group) is 1. The highest BCUT2D eigenvalue weighted by atomic mass is 16.7. The summed E-state index contributed by atoms with van der Waals surface area (Å²) in [6.45, 7) is 4.77. The Hall–Kier alpha value is -4.31. The fraction of sp³-hybridized carbons (Fsp3) is 0.705. The number of rotatable bonds is 65. The SMILES string of the molecule is CC/C=C\C/C=C\C/C=C\C/C=C\C/C=C\C/C=C\C/C=C\C/C=C\CCCCCCCCCCCCCCC(=O)OC(COC(=O)CCCCCCCCCCCCCCC/C=C\C/C=C\CCCCCCC)COC(OCC[N+](C)(C)C)C(=O)O. The van der Waals surface area contributed by atoms with Gasteiger partial charge in [-0.25, -0.2) is 4.79 Å². The number of hydrogen-bond acceptors (Lipinski definition) is 7. The van der Waals surface area contributed by atoms with Gasteiger partial charge >= 0.3 is 17.9 Å². The van der Waals surface area contributed by atoms with Gasteiger partial charge in [0.1, 0.15) is 13.2 Å². The van der Waals surface area contributed by atoms with Gasteiger partial charge in [-0.05, 0) is 109 Å². The molecule has 1 N–H and O–H groups in total. The third kappa shape index (κ3) is 69.0. The molecule has 9 nitrogen and oxygen atoms in total. The van der Waals surface area contributed by atoms with Crippen LogP contribution >= 0.6 is 0 Å². The maximum Gasteiger partial charge on any atom is 0.361 e. The monoisotopic (exact) mass is 1210 g/mol. The van der Waals surface area contributed by atoms with Crippen LogP contribution in [0.4, 0.5) is 0 Å². The minimum atomic E-state index is -1.52. The van der Waals surface area contributed by atoms with Gasteiger partial charge in [-0.3, -0.25) is 9.59 Å². The quantitative estimate of drug-likeness (QED) is 0.0211. The minimum absolute atomic E-state index is 0.183. The number of quaternary nitrogens is 1. The molecule has 0 spiro atoms. The number of nitrogens with zero attached hydrogens (tertiary/aromatic N) is 1. The van der Waals surface area contributed by atoms with E-state index in [2.05, 4.69) is 135 Å². The van der Waals surface area contributed by atoms with E-state index >= 15 is 0 Å². The third-order valence-electron chi connectivity index (χ3n) is 15.2. The summed E-state index contributed by atoms with van der Waals surface area (Å²) in [7, 11) is 5.98. The highest BCUT2D eigenvalue weighted by Crippen LogP contribution is 2.17. The number of allylic oxidation sites excluding steroid dienone is 20. The molecule has 0 radical (unpaired) electrons. The van der Waals surface area contributed by atoms with Gasteiger partial charge in [-0.1, -0.05) is 296 Å². The van der Waals surface area contributed by atoms with Gasteiger partial charge in [0.2, 0.25) is 0 Å². The average molecular weight is 1210 g/mol. The van der Waals surface area contributed by atoms with E-state index in [0.717, 1.165) is 96.3 Å². The molecule has 2 unspecified atom stereocenters. The van der Waals surface area contributed by atoms with Crippen molar-refractivity contribution in [1.29, 1.82) is 0 Å². The Kier molecular flexibility index (Phi) is 64.3. The van der Waals surface area contributed by atoms with E-state index in [1.165, 1.54) is 167 Å². The number of carboxylic acid groups (broad SMARTS) is 1. The van der Waals surface area contributed by atoms with Crippen molar-refractivity contribution < 1.29 is 42.9 Å². The number of esters is 2. The van der Waals surface area contributed by atoms with Gasteiger partial charge in [0.25, 0.3) is 6.29 Å². The Balaban J connectivity index is 4.13. The van der Waals surface area contributed by atoms with Crippen LogP contribution in [0, 0.1) is 0 Å². The maximum absolute atomic E-state index is 13.0. The van der Waals surface area contributed by atoms with Crippen molar-refractivity contribution in [2.45, 2.75) is 309 Å². The number of carbonyl (C=O) groups is 3. The summed E-state index contributed by atoms with van der Waals surface area (Å²) in [6, 6.07) is 0. The predicted molar refractivity (Wildman–Crippen MR) is 373 cm³/mol. The molecule has 87 heavy (non-hydrogen) atoms. The zero-order valence-electron chi connectivity index (χ0n) is 56.9. The van der Waals surface area contributed by atoms with Gasteiger partial charge in [0.15, 0.2) is 6.10 Å². The van der Waals surface area contributed by atoms with Crippen molar-refractivity contribution in [3.63, 3.8) is 0 Å². The zero-order chi connectivity index (χ0) is 63.3. The molecular formula is C78H134NO8+. The van der Waals surface area contributed by atoms with E-state index in [0.29, 0.717) is 23.9 Å². The lowest BCUT2D eigenvalue weighted by molar-refractivity contribution is -0.870. The highest BCUT2D eigenvalue weighted by molar-refractivity contribution is 5.71. The van der Waals surface area contributed by atoms with Crippen LogP contribution in [0.15, 0.2) is 122 Å². The first kappa shape index (κ1) is 82.7. The first-order chi connectivity index (χ1) is 42.6. The molecular weight excluding hydrogens is 1080 g/mol. The third-order valence-corrected chi connectivity index (χ3v) is 15.2. The highest BCUT2D eigenvalue weighted by Gasteiger charge is 2.25. The van der Waals surface area contributed by atoms with Gasteiger partial charge < -0.3 is 28.5 Å². The summed E-state index contributed by atoms with van der Waals surface area (Å²) in [5.74, 6) is -2.01. The number of carbonyl (C=O) groups excluding carboxylic acids is 2. The molecule has 2 atom stereocenters. The second-order valence-electron chi connectivity index (χ2n) is 24.8. The zero-order valence-corrected chi connectivity index (χ0v) is 56.9. The summed E-state index contributed by atoms with van der Waals surface area (Å²) in [5.41, 5.74) is 0. The molecule has 0 aromatic rings.